The average molecular weight is 326 g/mol. The predicted molar refractivity (Wildman–Crippen MR) is 94.6 cm³/mol. The fourth-order valence-electron chi connectivity index (χ4n) is 3.10. The van der Waals surface area contributed by atoms with Crippen molar-refractivity contribution < 1.29 is 9.53 Å². The van der Waals surface area contributed by atoms with Gasteiger partial charge in [-0.3, -0.25) is 9.78 Å². The number of rotatable bonds is 5. The van der Waals surface area contributed by atoms with Crippen LogP contribution in [0, 0.1) is 0 Å². The summed E-state index contributed by atoms with van der Waals surface area (Å²) in [6.07, 6.45) is 5.18. The third-order valence-electron chi connectivity index (χ3n) is 4.37. The van der Waals surface area contributed by atoms with Gasteiger partial charge in [0.1, 0.15) is 5.75 Å². The highest BCUT2D eigenvalue weighted by Crippen LogP contribution is 2.28. The summed E-state index contributed by atoms with van der Waals surface area (Å²) in [6, 6.07) is 10.2. The highest BCUT2D eigenvalue weighted by Gasteiger charge is 2.22. The Kier molecular flexibility index (Phi) is 4.84. The van der Waals surface area contributed by atoms with Crippen LogP contribution in [-0.4, -0.2) is 37.1 Å². The van der Waals surface area contributed by atoms with Crippen molar-refractivity contribution in [1.29, 1.82) is 0 Å². The standard InChI is InChI=1S/C18H22N4O2/c1-24-17-5-3-2-4-15(17)21-13-7-10-22(11-8-13)16-6-9-20-12-14(16)18(19)23/h2-6,9,12-13,21H,7-8,10-11H2,1H3,(H2,19,23). The molecule has 1 amide bonds. The number of hydrogen-bond acceptors (Lipinski definition) is 5. The molecule has 2 aromatic rings. The SMILES string of the molecule is COc1ccccc1NC1CCN(c2ccncc2C(N)=O)CC1. The molecule has 1 saturated heterocycles. The minimum Gasteiger partial charge on any atom is -0.495 e. The fourth-order valence-corrected chi connectivity index (χ4v) is 3.10. The van der Waals surface area contributed by atoms with Crippen LogP contribution in [0.15, 0.2) is 42.7 Å². The van der Waals surface area contributed by atoms with Crippen molar-refractivity contribution in [3.8, 4) is 5.75 Å². The molecule has 126 valence electrons. The molecular formula is C18H22N4O2. The number of carbonyl (C=O) groups excluding carboxylic acids is 1. The number of piperidine rings is 1. The molecule has 0 bridgehead atoms. The van der Waals surface area contributed by atoms with Crippen molar-refractivity contribution in [1.82, 2.24) is 4.98 Å². The van der Waals surface area contributed by atoms with Gasteiger partial charge in [-0.1, -0.05) is 12.1 Å². The molecule has 0 radical (unpaired) electrons. The molecule has 0 saturated carbocycles. The number of para-hydroxylation sites is 2. The van der Waals surface area contributed by atoms with E-state index >= 15 is 0 Å². The van der Waals surface area contributed by atoms with E-state index in [0.29, 0.717) is 11.6 Å². The summed E-state index contributed by atoms with van der Waals surface area (Å²) in [5, 5.41) is 3.55. The van der Waals surface area contributed by atoms with Gasteiger partial charge in [0.2, 0.25) is 0 Å². The number of nitrogens with zero attached hydrogens (tertiary/aromatic N) is 2. The zero-order valence-electron chi connectivity index (χ0n) is 13.7. The molecule has 3 rings (SSSR count). The Balaban J connectivity index is 1.65. The number of hydrogen-bond donors (Lipinski definition) is 2. The number of primary amides is 1. The number of nitrogens with two attached hydrogens (primary N) is 1. The van der Waals surface area contributed by atoms with E-state index in [1.165, 1.54) is 6.20 Å². The maximum Gasteiger partial charge on any atom is 0.252 e. The van der Waals surface area contributed by atoms with Crippen LogP contribution in [0.4, 0.5) is 11.4 Å². The largest absolute Gasteiger partial charge is 0.495 e. The second kappa shape index (κ2) is 7.21. The number of nitrogens with one attached hydrogen (secondary N) is 1. The zero-order chi connectivity index (χ0) is 16.9. The molecule has 6 nitrogen and oxygen atoms in total. The van der Waals surface area contributed by atoms with Crippen molar-refractivity contribution in [2.75, 3.05) is 30.4 Å². The number of aromatic nitrogens is 1. The van der Waals surface area contributed by atoms with Crippen molar-refractivity contribution in [2.24, 2.45) is 5.73 Å². The minimum atomic E-state index is -0.438. The molecule has 1 aromatic heterocycles. The summed E-state index contributed by atoms with van der Waals surface area (Å²) in [6.45, 7) is 1.72. The van der Waals surface area contributed by atoms with Crippen LogP contribution in [0.1, 0.15) is 23.2 Å². The lowest BCUT2D eigenvalue weighted by Gasteiger charge is -2.35. The molecule has 0 atom stereocenters. The van der Waals surface area contributed by atoms with Crippen molar-refractivity contribution in [3.05, 3.63) is 48.3 Å². The number of methoxy groups -OCH3 is 1. The molecule has 3 N–H and O–H groups in total. The molecule has 0 unspecified atom stereocenters. The summed E-state index contributed by atoms with van der Waals surface area (Å²) in [7, 11) is 1.68. The highest BCUT2D eigenvalue weighted by molar-refractivity contribution is 5.98. The summed E-state index contributed by atoms with van der Waals surface area (Å²) in [4.78, 5) is 17.8. The van der Waals surface area contributed by atoms with Crippen LogP contribution in [0.2, 0.25) is 0 Å². The van der Waals surface area contributed by atoms with Gasteiger partial charge < -0.3 is 20.7 Å². The van der Waals surface area contributed by atoms with E-state index in [-0.39, 0.29) is 0 Å². The second-order valence-electron chi connectivity index (χ2n) is 5.86. The van der Waals surface area contributed by atoms with E-state index in [1.54, 1.807) is 13.3 Å². The van der Waals surface area contributed by atoms with Crippen LogP contribution >= 0.6 is 0 Å². The van der Waals surface area contributed by atoms with Gasteiger partial charge in [-0.15, -0.1) is 0 Å². The van der Waals surface area contributed by atoms with E-state index in [1.807, 2.05) is 30.3 Å². The molecule has 1 aliphatic rings. The van der Waals surface area contributed by atoms with Gasteiger partial charge in [-0.2, -0.15) is 0 Å². The first-order chi connectivity index (χ1) is 11.7. The molecule has 0 aliphatic carbocycles. The Morgan fingerprint density at radius 1 is 1.29 bits per heavy atom. The summed E-state index contributed by atoms with van der Waals surface area (Å²) in [5.41, 5.74) is 7.81. The fraction of sp³-hybridized carbons (Fsp3) is 0.333. The Morgan fingerprint density at radius 3 is 2.75 bits per heavy atom. The number of ether oxygens (including phenoxy) is 1. The van der Waals surface area contributed by atoms with Crippen molar-refractivity contribution in [2.45, 2.75) is 18.9 Å². The third kappa shape index (κ3) is 3.42. The Labute approximate surface area is 141 Å². The highest BCUT2D eigenvalue weighted by atomic mass is 16.5. The smallest absolute Gasteiger partial charge is 0.252 e. The van der Waals surface area contributed by atoms with E-state index in [4.69, 9.17) is 10.5 Å². The molecule has 6 heteroatoms. The van der Waals surface area contributed by atoms with Gasteiger partial charge in [0, 0.05) is 31.5 Å². The maximum atomic E-state index is 11.6. The Hall–Kier alpha value is -2.76. The number of carbonyl (C=O) groups is 1. The normalized spacial score (nSPS) is 15.1. The van der Waals surface area contributed by atoms with E-state index < -0.39 is 5.91 Å². The summed E-state index contributed by atoms with van der Waals surface area (Å²) < 4.78 is 5.39. The molecule has 1 aliphatic heterocycles. The number of pyridine rings is 1. The Morgan fingerprint density at radius 2 is 2.04 bits per heavy atom. The second-order valence-corrected chi connectivity index (χ2v) is 5.86. The molecule has 24 heavy (non-hydrogen) atoms. The van der Waals surface area contributed by atoms with Crippen LogP contribution in [-0.2, 0) is 0 Å². The maximum absolute atomic E-state index is 11.6. The summed E-state index contributed by atoms with van der Waals surface area (Å²) in [5.74, 6) is 0.414. The number of benzene rings is 1. The Bertz CT molecular complexity index is 712. The third-order valence-corrected chi connectivity index (χ3v) is 4.37. The van der Waals surface area contributed by atoms with Gasteiger partial charge in [0.25, 0.3) is 5.91 Å². The zero-order valence-corrected chi connectivity index (χ0v) is 13.7. The first-order valence-electron chi connectivity index (χ1n) is 8.07. The monoisotopic (exact) mass is 326 g/mol. The lowest BCUT2D eigenvalue weighted by molar-refractivity contribution is 0.100. The average Bonchev–Trinajstić information content (AvgIpc) is 2.63. The molecular weight excluding hydrogens is 304 g/mol. The minimum absolute atomic E-state index is 0.372. The quantitative estimate of drug-likeness (QED) is 0.881. The lowest BCUT2D eigenvalue weighted by Crippen LogP contribution is -2.40. The van der Waals surface area contributed by atoms with Gasteiger partial charge in [-0.25, -0.2) is 0 Å². The molecule has 1 fully saturated rings. The van der Waals surface area contributed by atoms with Crippen LogP contribution in [0.5, 0.6) is 5.75 Å². The lowest BCUT2D eigenvalue weighted by atomic mass is 10.0. The van der Waals surface area contributed by atoms with Crippen LogP contribution in [0.3, 0.4) is 0 Å². The van der Waals surface area contributed by atoms with Crippen molar-refractivity contribution >= 4 is 17.3 Å². The molecule has 2 heterocycles. The van der Waals surface area contributed by atoms with Crippen molar-refractivity contribution in [3.63, 3.8) is 0 Å². The van der Waals surface area contributed by atoms with Crippen LogP contribution < -0.4 is 20.7 Å². The topological polar surface area (TPSA) is 80.5 Å². The number of amides is 1. The van der Waals surface area contributed by atoms with Gasteiger partial charge in [-0.05, 0) is 31.0 Å². The van der Waals surface area contributed by atoms with Gasteiger partial charge >= 0.3 is 0 Å². The predicted octanol–water partition coefficient (Wildman–Crippen LogP) is 2.27. The number of anilines is 2. The van der Waals surface area contributed by atoms with E-state index in [2.05, 4.69) is 15.2 Å². The molecule has 1 aromatic carbocycles. The van der Waals surface area contributed by atoms with Crippen LogP contribution in [0.25, 0.3) is 0 Å². The van der Waals surface area contributed by atoms with E-state index in [9.17, 15) is 4.79 Å². The summed E-state index contributed by atoms with van der Waals surface area (Å²) >= 11 is 0. The van der Waals surface area contributed by atoms with Gasteiger partial charge in [0.05, 0.1) is 24.0 Å². The molecule has 0 spiro atoms. The van der Waals surface area contributed by atoms with Gasteiger partial charge in [0.15, 0.2) is 0 Å². The van der Waals surface area contributed by atoms with E-state index in [0.717, 1.165) is 43.1 Å². The first kappa shape index (κ1) is 16.1. The first-order valence-corrected chi connectivity index (χ1v) is 8.07.